The van der Waals surface area contributed by atoms with Crippen molar-refractivity contribution in [3.63, 3.8) is 0 Å². The van der Waals surface area contributed by atoms with Crippen molar-refractivity contribution >= 4 is 12.0 Å². The number of hydrogen-bond donors (Lipinski definition) is 2. The zero-order valence-electron chi connectivity index (χ0n) is 15.4. The van der Waals surface area contributed by atoms with Crippen LogP contribution < -0.4 is 15.4 Å². The summed E-state index contributed by atoms with van der Waals surface area (Å²) in [6, 6.07) is 16.1. The van der Waals surface area contributed by atoms with Crippen molar-refractivity contribution in [3.8, 4) is 5.75 Å². The topological polar surface area (TPSA) is 76.7 Å². The normalized spacial score (nSPS) is 18.6. The number of amides is 2. The molecule has 0 unspecified atom stereocenters. The van der Waals surface area contributed by atoms with Crippen LogP contribution in [0.15, 0.2) is 79.5 Å². The van der Waals surface area contributed by atoms with Crippen molar-refractivity contribution in [2.24, 2.45) is 5.92 Å². The Bertz CT molecular complexity index is 862. The van der Waals surface area contributed by atoms with E-state index in [1.54, 1.807) is 12.1 Å². The van der Waals surface area contributed by atoms with Crippen LogP contribution in [0.2, 0.25) is 0 Å². The highest BCUT2D eigenvalue weighted by atomic mass is 16.5. The molecule has 0 spiro atoms. The van der Waals surface area contributed by atoms with E-state index in [0.717, 1.165) is 11.1 Å². The van der Waals surface area contributed by atoms with Crippen LogP contribution in [-0.4, -0.2) is 18.6 Å². The van der Waals surface area contributed by atoms with Crippen LogP contribution in [0.3, 0.4) is 0 Å². The first kappa shape index (κ1) is 19.2. The van der Waals surface area contributed by atoms with Crippen LogP contribution in [0.1, 0.15) is 17.2 Å². The zero-order chi connectivity index (χ0) is 19.9. The van der Waals surface area contributed by atoms with Gasteiger partial charge in [-0.05, 0) is 23.3 Å². The molecule has 1 aliphatic rings. The van der Waals surface area contributed by atoms with E-state index >= 15 is 0 Å². The Hall–Kier alpha value is -3.54. The predicted octanol–water partition coefficient (Wildman–Crippen LogP) is 3.48. The Morgan fingerprint density at radius 2 is 1.82 bits per heavy atom. The minimum Gasteiger partial charge on any atom is -0.489 e. The lowest BCUT2D eigenvalue weighted by atomic mass is 9.89. The molecule has 2 aromatic rings. The number of rotatable bonds is 7. The lowest BCUT2D eigenvalue weighted by Gasteiger charge is -2.33. The highest BCUT2D eigenvalue weighted by Gasteiger charge is 2.38. The summed E-state index contributed by atoms with van der Waals surface area (Å²) in [6.45, 7) is 7.89. The molecular weight excluding hydrogens is 356 g/mol. The van der Waals surface area contributed by atoms with Crippen molar-refractivity contribution < 1.29 is 19.1 Å². The fourth-order valence-electron chi connectivity index (χ4n) is 2.98. The van der Waals surface area contributed by atoms with E-state index in [9.17, 15) is 9.59 Å². The second-order valence-corrected chi connectivity index (χ2v) is 6.34. The van der Waals surface area contributed by atoms with E-state index in [4.69, 9.17) is 9.47 Å². The molecule has 1 aliphatic heterocycles. The van der Waals surface area contributed by atoms with E-state index in [1.807, 2.05) is 42.5 Å². The highest BCUT2D eigenvalue weighted by Crippen LogP contribution is 2.31. The van der Waals surface area contributed by atoms with E-state index in [0.29, 0.717) is 18.1 Å². The lowest BCUT2D eigenvalue weighted by Crippen LogP contribution is -2.51. The monoisotopic (exact) mass is 378 g/mol. The fraction of sp³-hybridized carbons (Fsp3) is 0.182. The van der Waals surface area contributed by atoms with Gasteiger partial charge in [-0.1, -0.05) is 61.7 Å². The smallest absolute Gasteiger partial charge is 0.319 e. The molecule has 6 nitrogen and oxygen atoms in total. The number of carbonyl (C=O) groups excluding carboxylic acids is 2. The fourth-order valence-corrected chi connectivity index (χ4v) is 2.98. The standard InChI is InChI=1S/C22H22N2O4/c1-3-13-27-21(25)19-15(2)23-22(26)24-20(19)17-9-11-18(12-10-17)28-14-16-7-5-4-6-8-16/h3-12,19-20H,1-2,13-14H2,(H2,23,24,26)/t19-,20+/m0/s1. The molecule has 6 heteroatoms. The Morgan fingerprint density at radius 1 is 1.11 bits per heavy atom. The Balaban J connectivity index is 1.73. The van der Waals surface area contributed by atoms with Gasteiger partial charge in [0.05, 0.1) is 6.04 Å². The molecule has 2 amide bonds. The van der Waals surface area contributed by atoms with Gasteiger partial charge in [0.15, 0.2) is 0 Å². The maximum Gasteiger partial charge on any atom is 0.319 e. The number of carbonyl (C=O) groups is 2. The quantitative estimate of drug-likeness (QED) is 0.571. The molecule has 1 heterocycles. The van der Waals surface area contributed by atoms with E-state index < -0.39 is 24.0 Å². The van der Waals surface area contributed by atoms with Gasteiger partial charge in [0.1, 0.15) is 24.9 Å². The number of esters is 1. The second-order valence-electron chi connectivity index (χ2n) is 6.34. The molecule has 1 saturated heterocycles. The number of nitrogens with one attached hydrogen (secondary N) is 2. The lowest BCUT2D eigenvalue weighted by molar-refractivity contribution is -0.147. The summed E-state index contributed by atoms with van der Waals surface area (Å²) in [6.07, 6.45) is 1.49. The average molecular weight is 378 g/mol. The number of hydrogen-bond acceptors (Lipinski definition) is 4. The van der Waals surface area contributed by atoms with Gasteiger partial charge in [-0.2, -0.15) is 0 Å². The van der Waals surface area contributed by atoms with Crippen molar-refractivity contribution in [1.29, 1.82) is 0 Å². The third kappa shape index (κ3) is 4.59. The minimum atomic E-state index is -0.742. The maximum atomic E-state index is 12.4. The maximum absolute atomic E-state index is 12.4. The Labute approximate surface area is 163 Å². The third-order valence-corrected chi connectivity index (χ3v) is 4.35. The Morgan fingerprint density at radius 3 is 2.50 bits per heavy atom. The molecule has 0 aromatic heterocycles. The average Bonchev–Trinajstić information content (AvgIpc) is 2.71. The molecule has 0 saturated carbocycles. The molecule has 2 aromatic carbocycles. The van der Waals surface area contributed by atoms with Gasteiger partial charge >= 0.3 is 12.0 Å². The van der Waals surface area contributed by atoms with Crippen LogP contribution in [0.4, 0.5) is 4.79 Å². The van der Waals surface area contributed by atoms with Gasteiger partial charge in [0.2, 0.25) is 0 Å². The first-order valence-corrected chi connectivity index (χ1v) is 8.89. The summed E-state index contributed by atoms with van der Waals surface area (Å²) < 4.78 is 10.9. The minimum absolute atomic E-state index is 0.0928. The van der Waals surface area contributed by atoms with Gasteiger partial charge in [-0.15, -0.1) is 0 Å². The molecule has 0 aliphatic carbocycles. The zero-order valence-corrected chi connectivity index (χ0v) is 15.4. The molecule has 144 valence electrons. The summed E-state index contributed by atoms with van der Waals surface area (Å²) in [4.78, 5) is 24.3. The van der Waals surface area contributed by atoms with Crippen molar-refractivity contribution in [2.45, 2.75) is 12.6 Å². The summed E-state index contributed by atoms with van der Waals surface area (Å²) in [5.74, 6) is -0.530. The Kier molecular flexibility index (Phi) is 6.11. The van der Waals surface area contributed by atoms with Gasteiger partial charge in [-0.3, -0.25) is 4.79 Å². The first-order valence-electron chi connectivity index (χ1n) is 8.89. The molecule has 1 fully saturated rings. The predicted molar refractivity (Wildman–Crippen MR) is 105 cm³/mol. The molecule has 2 N–H and O–H groups in total. The van der Waals surface area contributed by atoms with E-state index in [1.165, 1.54) is 6.08 Å². The first-order chi connectivity index (χ1) is 13.6. The summed E-state index contributed by atoms with van der Waals surface area (Å²) in [5, 5.41) is 5.31. The van der Waals surface area contributed by atoms with Gasteiger partial charge in [0.25, 0.3) is 0 Å². The van der Waals surface area contributed by atoms with Crippen LogP contribution in [0, 0.1) is 5.92 Å². The van der Waals surface area contributed by atoms with Crippen molar-refractivity contribution in [2.75, 3.05) is 6.61 Å². The van der Waals surface area contributed by atoms with E-state index in [2.05, 4.69) is 23.8 Å². The number of benzene rings is 2. The molecule has 0 radical (unpaired) electrons. The van der Waals surface area contributed by atoms with Crippen LogP contribution in [0.5, 0.6) is 5.75 Å². The second kappa shape index (κ2) is 8.90. The van der Waals surface area contributed by atoms with Gasteiger partial charge < -0.3 is 20.1 Å². The summed E-state index contributed by atoms with van der Waals surface area (Å²) >= 11 is 0. The number of urea groups is 1. The summed E-state index contributed by atoms with van der Waals surface area (Å²) in [7, 11) is 0. The van der Waals surface area contributed by atoms with Gasteiger partial charge in [0, 0.05) is 5.70 Å². The van der Waals surface area contributed by atoms with E-state index in [-0.39, 0.29) is 6.61 Å². The van der Waals surface area contributed by atoms with Crippen molar-refractivity contribution in [1.82, 2.24) is 10.6 Å². The van der Waals surface area contributed by atoms with Crippen molar-refractivity contribution in [3.05, 3.63) is 90.7 Å². The molecule has 2 atom stereocenters. The van der Waals surface area contributed by atoms with Crippen LogP contribution in [-0.2, 0) is 16.1 Å². The van der Waals surface area contributed by atoms with Crippen LogP contribution >= 0.6 is 0 Å². The largest absolute Gasteiger partial charge is 0.489 e. The SMILES string of the molecule is C=CCOC(=O)[C@H]1C(=C)NC(=O)N[C@@H]1c1ccc(OCc2ccccc2)cc1. The highest BCUT2D eigenvalue weighted by molar-refractivity contribution is 5.85. The summed E-state index contributed by atoms with van der Waals surface area (Å²) in [5.41, 5.74) is 2.12. The third-order valence-electron chi connectivity index (χ3n) is 4.35. The molecule has 28 heavy (non-hydrogen) atoms. The molecule has 0 bridgehead atoms. The molecule has 3 rings (SSSR count). The molecular formula is C22H22N2O4. The van der Waals surface area contributed by atoms with Gasteiger partial charge in [-0.25, -0.2) is 4.79 Å². The number of ether oxygens (including phenoxy) is 2. The van der Waals surface area contributed by atoms with Crippen LogP contribution in [0.25, 0.3) is 0 Å².